The van der Waals surface area contributed by atoms with E-state index < -0.39 is 0 Å². The molecule has 122 valence electrons. The number of benzene rings is 2. The van der Waals surface area contributed by atoms with E-state index in [9.17, 15) is 4.79 Å². The van der Waals surface area contributed by atoms with Crippen molar-refractivity contribution in [1.82, 2.24) is 5.32 Å². The predicted octanol–water partition coefficient (Wildman–Crippen LogP) is 2.96. The largest absolute Gasteiger partial charge is 0.497 e. The van der Waals surface area contributed by atoms with E-state index in [-0.39, 0.29) is 18.6 Å². The van der Waals surface area contributed by atoms with Gasteiger partial charge in [0.2, 0.25) is 0 Å². The normalized spacial score (nSPS) is 11.4. The van der Waals surface area contributed by atoms with Crippen molar-refractivity contribution in [2.75, 3.05) is 20.8 Å². The van der Waals surface area contributed by atoms with Gasteiger partial charge in [-0.3, -0.25) is 4.79 Å². The highest BCUT2D eigenvalue weighted by atomic mass is 16.5. The minimum atomic E-state index is -0.203. The number of rotatable bonds is 7. The molecular weight excluding hydrogens is 294 g/mol. The number of hydrogen-bond acceptors (Lipinski definition) is 4. The third kappa shape index (κ3) is 4.64. The van der Waals surface area contributed by atoms with Crippen LogP contribution < -0.4 is 19.5 Å². The van der Waals surface area contributed by atoms with Crippen molar-refractivity contribution >= 4 is 5.91 Å². The first kappa shape index (κ1) is 16.7. The molecule has 5 nitrogen and oxygen atoms in total. The fraction of sp³-hybridized carbons (Fsp3) is 0.278. The van der Waals surface area contributed by atoms with Crippen LogP contribution in [0.2, 0.25) is 0 Å². The fourth-order valence-electron chi connectivity index (χ4n) is 2.22. The molecule has 2 rings (SSSR count). The van der Waals surface area contributed by atoms with Crippen molar-refractivity contribution in [3.05, 3.63) is 54.1 Å². The number of methoxy groups -OCH3 is 2. The van der Waals surface area contributed by atoms with Crippen LogP contribution in [0, 0.1) is 0 Å². The molecule has 0 radical (unpaired) electrons. The Morgan fingerprint density at radius 3 is 2.52 bits per heavy atom. The Labute approximate surface area is 136 Å². The molecule has 5 heteroatoms. The van der Waals surface area contributed by atoms with Gasteiger partial charge in [-0.2, -0.15) is 0 Å². The Morgan fingerprint density at radius 1 is 1.04 bits per heavy atom. The van der Waals surface area contributed by atoms with Gasteiger partial charge in [0.25, 0.3) is 5.91 Å². The van der Waals surface area contributed by atoms with Crippen molar-refractivity contribution in [2.45, 2.75) is 13.0 Å². The maximum atomic E-state index is 12.0. The molecule has 0 fully saturated rings. The van der Waals surface area contributed by atoms with Gasteiger partial charge in [-0.05, 0) is 25.1 Å². The lowest BCUT2D eigenvalue weighted by atomic mass is 10.1. The molecule has 2 aromatic rings. The molecule has 0 aromatic heterocycles. The van der Waals surface area contributed by atoms with Crippen LogP contribution in [0.4, 0.5) is 0 Å². The van der Waals surface area contributed by atoms with Gasteiger partial charge in [0, 0.05) is 11.6 Å². The molecule has 2 aromatic carbocycles. The van der Waals surface area contributed by atoms with E-state index >= 15 is 0 Å². The quantitative estimate of drug-likeness (QED) is 0.853. The predicted molar refractivity (Wildman–Crippen MR) is 88.0 cm³/mol. The lowest BCUT2D eigenvalue weighted by Gasteiger charge is -2.17. The number of hydrogen-bond donors (Lipinski definition) is 1. The Hall–Kier alpha value is -2.69. The summed E-state index contributed by atoms with van der Waals surface area (Å²) in [6.07, 6.45) is 0. The van der Waals surface area contributed by atoms with Crippen LogP contribution in [0.5, 0.6) is 17.2 Å². The van der Waals surface area contributed by atoms with Gasteiger partial charge in [-0.1, -0.05) is 24.3 Å². The summed E-state index contributed by atoms with van der Waals surface area (Å²) in [7, 11) is 3.19. The second-order valence-corrected chi connectivity index (χ2v) is 5.00. The third-order valence-electron chi connectivity index (χ3n) is 3.39. The number of para-hydroxylation sites is 1. The molecule has 0 saturated carbocycles. The Balaban J connectivity index is 1.91. The van der Waals surface area contributed by atoms with Crippen molar-refractivity contribution in [3.63, 3.8) is 0 Å². The lowest BCUT2D eigenvalue weighted by Crippen LogP contribution is -2.31. The Bertz CT molecular complexity index is 657. The van der Waals surface area contributed by atoms with Crippen molar-refractivity contribution in [3.8, 4) is 17.2 Å². The smallest absolute Gasteiger partial charge is 0.258 e. The maximum Gasteiger partial charge on any atom is 0.258 e. The highest BCUT2D eigenvalue weighted by molar-refractivity contribution is 5.78. The number of amides is 1. The molecule has 1 N–H and O–H groups in total. The van der Waals surface area contributed by atoms with E-state index in [0.29, 0.717) is 11.5 Å². The van der Waals surface area contributed by atoms with Crippen LogP contribution in [0.1, 0.15) is 18.5 Å². The zero-order valence-electron chi connectivity index (χ0n) is 13.5. The van der Waals surface area contributed by atoms with Gasteiger partial charge in [-0.15, -0.1) is 0 Å². The monoisotopic (exact) mass is 315 g/mol. The van der Waals surface area contributed by atoms with Crippen LogP contribution in [0.25, 0.3) is 0 Å². The summed E-state index contributed by atoms with van der Waals surface area (Å²) in [5.41, 5.74) is 0.921. The molecule has 1 amide bonds. The van der Waals surface area contributed by atoms with Crippen LogP contribution in [0.15, 0.2) is 48.5 Å². The Morgan fingerprint density at radius 2 is 1.78 bits per heavy atom. The van der Waals surface area contributed by atoms with Gasteiger partial charge in [0.1, 0.15) is 17.2 Å². The minimum Gasteiger partial charge on any atom is -0.497 e. The second-order valence-electron chi connectivity index (χ2n) is 5.00. The Kier molecular flexibility index (Phi) is 5.86. The SMILES string of the molecule is COc1cccc(OCC(=O)N[C@H](C)c2ccccc2OC)c1. The van der Waals surface area contributed by atoms with Gasteiger partial charge in [-0.25, -0.2) is 0 Å². The molecule has 0 aliphatic rings. The summed E-state index contributed by atoms with van der Waals surface area (Å²) >= 11 is 0. The van der Waals surface area contributed by atoms with Gasteiger partial charge >= 0.3 is 0 Å². The summed E-state index contributed by atoms with van der Waals surface area (Å²) in [5, 5.41) is 2.89. The topological polar surface area (TPSA) is 56.8 Å². The van der Waals surface area contributed by atoms with Gasteiger partial charge < -0.3 is 19.5 Å². The number of nitrogens with one attached hydrogen (secondary N) is 1. The molecule has 23 heavy (non-hydrogen) atoms. The van der Waals surface area contributed by atoms with E-state index in [1.165, 1.54) is 0 Å². The number of ether oxygens (including phenoxy) is 3. The summed E-state index contributed by atoms with van der Waals surface area (Å²) in [5.74, 6) is 1.81. The van der Waals surface area contributed by atoms with E-state index in [4.69, 9.17) is 14.2 Å². The first-order valence-electron chi connectivity index (χ1n) is 7.33. The molecule has 0 heterocycles. The number of carbonyl (C=O) groups excluding carboxylic acids is 1. The highest BCUT2D eigenvalue weighted by Crippen LogP contribution is 2.24. The van der Waals surface area contributed by atoms with Crippen molar-refractivity contribution < 1.29 is 19.0 Å². The van der Waals surface area contributed by atoms with E-state index in [1.807, 2.05) is 43.3 Å². The van der Waals surface area contributed by atoms with E-state index in [1.54, 1.807) is 26.4 Å². The molecule has 0 saturated heterocycles. The lowest BCUT2D eigenvalue weighted by molar-refractivity contribution is -0.123. The van der Waals surface area contributed by atoms with Crippen LogP contribution in [-0.2, 0) is 4.79 Å². The second kappa shape index (κ2) is 8.08. The molecule has 0 unspecified atom stereocenters. The average molecular weight is 315 g/mol. The summed E-state index contributed by atoms with van der Waals surface area (Å²) in [4.78, 5) is 12.0. The molecule has 0 spiro atoms. The molecule has 0 aliphatic heterocycles. The summed E-state index contributed by atoms with van der Waals surface area (Å²) in [6, 6.07) is 14.6. The van der Waals surface area contributed by atoms with E-state index in [0.717, 1.165) is 11.3 Å². The van der Waals surface area contributed by atoms with Crippen molar-refractivity contribution in [2.24, 2.45) is 0 Å². The van der Waals surface area contributed by atoms with Crippen LogP contribution in [0.3, 0.4) is 0 Å². The standard InChI is InChI=1S/C18H21NO4/c1-13(16-9-4-5-10-17(16)22-3)19-18(20)12-23-15-8-6-7-14(11-15)21-2/h4-11,13H,12H2,1-3H3,(H,19,20)/t13-/m1/s1. The van der Waals surface area contributed by atoms with Crippen LogP contribution >= 0.6 is 0 Å². The van der Waals surface area contributed by atoms with Crippen LogP contribution in [-0.4, -0.2) is 26.7 Å². The molecule has 1 atom stereocenters. The van der Waals surface area contributed by atoms with Gasteiger partial charge in [0.15, 0.2) is 6.61 Å². The molecular formula is C18H21NO4. The first-order chi connectivity index (χ1) is 11.1. The fourth-order valence-corrected chi connectivity index (χ4v) is 2.22. The zero-order valence-corrected chi connectivity index (χ0v) is 13.5. The molecule has 0 aliphatic carbocycles. The first-order valence-corrected chi connectivity index (χ1v) is 7.33. The molecule has 0 bridgehead atoms. The highest BCUT2D eigenvalue weighted by Gasteiger charge is 2.14. The summed E-state index contributed by atoms with van der Waals surface area (Å²) < 4.78 is 15.9. The average Bonchev–Trinajstić information content (AvgIpc) is 2.60. The summed E-state index contributed by atoms with van der Waals surface area (Å²) in [6.45, 7) is 1.84. The van der Waals surface area contributed by atoms with Gasteiger partial charge in [0.05, 0.1) is 20.3 Å². The third-order valence-corrected chi connectivity index (χ3v) is 3.39. The maximum absolute atomic E-state index is 12.0. The minimum absolute atomic E-state index is 0.0628. The van der Waals surface area contributed by atoms with Crippen molar-refractivity contribution in [1.29, 1.82) is 0 Å². The zero-order chi connectivity index (χ0) is 16.7. The number of carbonyl (C=O) groups is 1. The van der Waals surface area contributed by atoms with E-state index in [2.05, 4.69) is 5.32 Å².